The van der Waals surface area contributed by atoms with Crippen LogP contribution in [0.1, 0.15) is 18.4 Å². The van der Waals surface area contributed by atoms with Gasteiger partial charge < -0.3 is 0 Å². The van der Waals surface area contributed by atoms with E-state index in [1.54, 1.807) is 0 Å². The highest BCUT2D eigenvalue weighted by Crippen LogP contribution is 2.28. The molecule has 3 nitrogen and oxygen atoms in total. The highest BCUT2D eigenvalue weighted by Gasteiger charge is 2.45. The molecule has 1 saturated heterocycles. The lowest BCUT2D eigenvalue weighted by molar-refractivity contribution is -0.189. The van der Waals surface area contributed by atoms with Gasteiger partial charge in [-0.2, -0.15) is 13.2 Å². The molecule has 1 N–H and O–H groups in total. The third kappa shape index (κ3) is 3.69. The maximum absolute atomic E-state index is 13.0. The quantitative estimate of drug-likeness (QED) is 0.864. The van der Waals surface area contributed by atoms with Gasteiger partial charge >= 0.3 is 6.18 Å². The van der Waals surface area contributed by atoms with Gasteiger partial charge in [-0.25, -0.2) is 9.40 Å². The number of hydrogen-bond acceptors (Lipinski definition) is 2. The number of hydrogen-bond donors (Lipinski definition) is 1. The third-order valence-electron chi connectivity index (χ3n) is 3.22. The first-order valence-electron chi connectivity index (χ1n) is 6.23. The Balaban J connectivity index is 2.01. The second-order valence-electron chi connectivity index (χ2n) is 4.70. The van der Waals surface area contributed by atoms with Crippen LogP contribution in [0.15, 0.2) is 24.3 Å². The van der Waals surface area contributed by atoms with E-state index in [0.29, 0.717) is 5.56 Å². The monoisotopic (exact) mass is 290 g/mol. The second kappa shape index (κ2) is 5.78. The smallest absolute Gasteiger partial charge is 0.288 e. The lowest BCUT2D eigenvalue weighted by Crippen LogP contribution is -2.50. The topological polar surface area (TPSA) is 32.3 Å². The van der Waals surface area contributed by atoms with Gasteiger partial charge in [0, 0.05) is 13.0 Å². The number of carbonyl (C=O) groups excluding carboxylic acids is 1. The Morgan fingerprint density at radius 1 is 1.25 bits per heavy atom. The van der Waals surface area contributed by atoms with Gasteiger partial charge in [-0.05, 0) is 30.5 Å². The summed E-state index contributed by atoms with van der Waals surface area (Å²) < 4.78 is 51.8. The van der Waals surface area contributed by atoms with Crippen LogP contribution in [-0.2, 0) is 11.2 Å². The summed E-state index contributed by atoms with van der Waals surface area (Å²) in [4.78, 5) is 11.0. The Bertz CT molecular complexity index is 472. The van der Waals surface area contributed by atoms with Crippen LogP contribution >= 0.6 is 0 Å². The largest absolute Gasteiger partial charge is 0.405 e. The molecule has 0 saturated carbocycles. The lowest BCUT2D eigenvalue weighted by Gasteiger charge is -2.28. The van der Waals surface area contributed by atoms with Crippen LogP contribution < -0.4 is 5.43 Å². The van der Waals surface area contributed by atoms with Crippen LogP contribution in [-0.4, -0.2) is 29.7 Å². The van der Waals surface area contributed by atoms with Gasteiger partial charge in [0.05, 0.1) is 0 Å². The summed E-state index contributed by atoms with van der Waals surface area (Å²) in [5.74, 6) is -0.825. The van der Waals surface area contributed by atoms with Crippen LogP contribution in [0.3, 0.4) is 0 Å². The van der Waals surface area contributed by atoms with E-state index in [9.17, 15) is 22.4 Å². The van der Waals surface area contributed by atoms with Crippen molar-refractivity contribution >= 4 is 5.91 Å². The number of amides is 1. The predicted molar refractivity (Wildman–Crippen MR) is 64.0 cm³/mol. The molecule has 1 heterocycles. The molecule has 0 aromatic heterocycles. The Morgan fingerprint density at radius 3 is 2.40 bits per heavy atom. The highest BCUT2D eigenvalue weighted by atomic mass is 19.4. The number of hydrazine groups is 1. The zero-order valence-electron chi connectivity index (χ0n) is 10.6. The lowest BCUT2D eigenvalue weighted by atomic mass is 10.0. The van der Waals surface area contributed by atoms with Crippen molar-refractivity contribution < 1.29 is 22.4 Å². The SMILES string of the molecule is O=C1CCN([C@@H](CCc2ccc(F)cc2)C(F)(F)F)N1. The molecule has 110 valence electrons. The molecule has 2 rings (SSSR count). The Kier molecular flexibility index (Phi) is 4.27. The van der Waals surface area contributed by atoms with Crippen molar-refractivity contribution in [3.05, 3.63) is 35.6 Å². The van der Waals surface area contributed by atoms with Crippen LogP contribution in [0.2, 0.25) is 0 Å². The second-order valence-corrected chi connectivity index (χ2v) is 4.70. The predicted octanol–water partition coefficient (Wildman–Crippen LogP) is 2.43. The average molecular weight is 290 g/mol. The molecule has 20 heavy (non-hydrogen) atoms. The number of nitrogens with zero attached hydrogens (tertiary/aromatic N) is 1. The van der Waals surface area contributed by atoms with Crippen LogP contribution in [0.5, 0.6) is 0 Å². The van der Waals surface area contributed by atoms with E-state index in [2.05, 4.69) is 5.43 Å². The molecule has 1 atom stereocenters. The first-order chi connectivity index (χ1) is 9.36. The Morgan fingerprint density at radius 2 is 1.90 bits per heavy atom. The van der Waals surface area contributed by atoms with Gasteiger partial charge in [-0.3, -0.25) is 10.2 Å². The molecule has 1 amide bonds. The maximum Gasteiger partial charge on any atom is 0.405 e. The summed E-state index contributed by atoms with van der Waals surface area (Å²) in [6.07, 6.45) is -4.37. The summed E-state index contributed by atoms with van der Waals surface area (Å²) in [6.45, 7) is 0.0480. The minimum atomic E-state index is -4.42. The van der Waals surface area contributed by atoms with Gasteiger partial charge in [-0.15, -0.1) is 0 Å². The first-order valence-corrected chi connectivity index (χ1v) is 6.23. The van der Waals surface area contributed by atoms with Crippen molar-refractivity contribution in [3.8, 4) is 0 Å². The van der Waals surface area contributed by atoms with Crippen LogP contribution in [0.4, 0.5) is 17.6 Å². The molecule has 1 fully saturated rings. The number of alkyl halides is 3. The molecule has 0 bridgehead atoms. The average Bonchev–Trinajstić information content (AvgIpc) is 2.77. The Labute approximate surface area is 113 Å². The normalized spacial score (nSPS) is 18.1. The minimum Gasteiger partial charge on any atom is -0.288 e. The number of halogens is 4. The summed E-state index contributed by atoms with van der Waals surface area (Å²) >= 11 is 0. The van der Waals surface area contributed by atoms with Crippen molar-refractivity contribution in [1.29, 1.82) is 0 Å². The van der Waals surface area contributed by atoms with E-state index < -0.39 is 23.9 Å². The summed E-state index contributed by atoms with van der Waals surface area (Å²) in [5, 5.41) is 0.936. The Hall–Kier alpha value is -1.63. The van der Waals surface area contributed by atoms with E-state index in [-0.39, 0.29) is 25.8 Å². The molecule has 1 aromatic rings. The highest BCUT2D eigenvalue weighted by molar-refractivity contribution is 5.77. The summed E-state index contributed by atoms with van der Waals surface area (Å²) in [5.41, 5.74) is 2.85. The van der Waals surface area contributed by atoms with Crippen LogP contribution in [0, 0.1) is 5.82 Å². The van der Waals surface area contributed by atoms with Gasteiger partial charge in [-0.1, -0.05) is 12.1 Å². The zero-order chi connectivity index (χ0) is 14.8. The van der Waals surface area contributed by atoms with Crippen molar-refractivity contribution in [3.63, 3.8) is 0 Å². The summed E-state index contributed by atoms with van der Waals surface area (Å²) in [6, 6.07) is 3.64. The van der Waals surface area contributed by atoms with Gasteiger partial charge in [0.25, 0.3) is 0 Å². The summed E-state index contributed by atoms with van der Waals surface area (Å²) in [7, 11) is 0. The van der Waals surface area contributed by atoms with Gasteiger partial charge in [0.15, 0.2) is 0 Å². The van der Waals surface area contributed by atoms with Crippen molar-refractivity contribution in [1.82, 2.24) is 10.4 Å². The molecule has 1 aromatic carbocycles. The standard InChI is InChI=1S/C13H14F4N2O/c14-10-4-1-9(2-5-10)3-6-11(13(15,16)17)19-8-7-12(20)18-19/h1-2,4-5,11H,3,6-8H2,(H,18,20)/t11-/m0/s1. The molecule has 0 aliphatic carbocycles. The third-order valence-corrected chi connectivity index (χ3v) is 3.22. The molecule has 1 aliphatic rings. The minimum absolute atomic E-state index is 0.0480. The van der Waals surface area contributed by atoms with E-state index in [4.69, 9.17) is 0 Å². The maximum atomic E-state index is 13.0. The zero-order valence-corrected chi connectivity index (χ0v) is 10.6. The van der Waals surface area contributed by atoms with Gasteiger partial charge in [0.2, 0.25) is 5.91 Å². The van der Waals surface area contributed by atoms with E-state index >= 15 is 0 Å². The fourth-order valence-electron chi connectivity index (χ4n) is 2.18. The van der Waals surface area contributed by atoms with Crippen molar-refractivity contribution in [2.24, 2.45) is 0 Å². The molecule has 7 heteroatoms. The molecule has 0 unspecified atom stereocenters. The number of benzene rings is 1. The number of rotatable bonds is 4. The molecule has 0 radical (unpaired) electrons. The van der Waals surface area contributed by atoms with E-state index in [1.165, 1.54) is 24.3 Å². The van der Waals surface area contributed by atoms with E-state index in [1.807, 2.05) is 0 Å². The van der Waals surface area contributed by atoms with Crippen molar-refractivity contribution in [2.45, 2.75) is 31.5 Å². The number of aryl methyl sites for hydroxylation is 1. The number of nitrogens with one attached hydrogen (secondary N) is 1. The molecular weight excluding hydrogens is 276 g/mol. The molecule has 1 aliphatic heterocycles. The first kappa shape index (κ1) is 14.8. The molecule has 0 spiro atoms. The number of carbonyl (C=O) groups is 1. The van der Waals surface area contributed by atoms with Gasteiger partial charge in [0.1, 0.15) is 11.9 Å². The van der Waals surface area contributed by atoms with E-state index in [0.717, 1.165) is 5.01 Å². The fourth-order valence-corrected chi connectivity index (χ4v) is 2.18. The van der Waals surface area contributed by atoms with Crippen molar-refractivity contribution in [2.75, 3.05) is 6.54 Å². The fraction of sp³-hybridized carbons (Fsp3) is 0.462. The molecular formula is C13H14F4N2O. The van der Waals surface area contributed by atoms with Crippen LogP contribution in [0.25, 0.3) is 0 Å².